The summed E-state index contributed by atoms with van der Waals surface area (Å²) in [6.45, 7) is 0.230. The molecule has 0 unspecified atom stereocenters. The molecule has 7 nitrogen and oxygen atoms in total. The van der Waals surface area contributed by atoms with Crippen molar-refractivity contribution in [3.8, 4) is 28.6 Å². The molecular formula is C20H20N2O5. The van der Waals surface area contributed by atoms with Crippen LogP contribution in [-0.4, -0.2) is 32.4 Å². The maximum atomic E-state index is 12.3. The number of ether oxygens (including phenoxy) is 3. The van der Waals surface area contributed by atoms with E-state index in [2.05, 4.69) is 10.5 Å². The molecule has 0 spiro atoms. The van der Waals surface area contributed by atoms with Gasteiger partial charge in [-0.2, -0.15) is 0 Å². The summed E-state index contributed by atoms with van der Waals surface area (Å²) in [4.78, 5) is 12.3. The SMILES string of the molecule is COc1ccc(-c2cc(CNC(=O)c3ccccc3OC)no2)cc1OC. The minimum Gasteiger partial charge on any atom is -0.496 e. The van der Waals surface area contributed by atoms with Gasteiger partial charge in [0.1, 0.15) is 11.4 Å². The van der Waals surface area contributed by atoms with Gasteiger partial charge in [-0.25, -0.2) is 0 Å². The molecule has 3 aromatic rings. The molecule has 0 aliphatic heterocycles. The second kappa shape index (κ2) is 8.27. The van der Waals surface area contributed by atoms with Crippen LogP contribution in [0.15, 0.2) is 53.1 Å². The molecular weight excluding hydrogens is 348 g/mol. The van der Waals surface area contributed by atoms with Gasteiger partial charge >= 0.3 is 0 Å². The highest BCUT2D eigenvalue weighted by Gasteiger charge is 2.14. The zero-order valence-electron chi connectivity index (χ0n) is 15.3. The number of rotatable bonds is 7. The molecule has 0 saturated heterocycles. The van der Waals surface area contributed by atoms with Crippen molar-refractivity contribution in [3.05, 3.63) is 59.8 Å². The Morgan fingerprint density at radius 1 is 0.963 bits per heavy atom. The minimum atomic E-state index is -0.247. The number of hydrogen-bond acceptors (Lipinski definition) is 6. The van der Waals surface area contributed by atoms with Gasteiger partial charge in [0.25, 0.3) is 5.91 Å². The molecule has 0 aliphatic carbocycles. The second-order valence-electron chi connectivity index (χ2n) is 5.64. The summed E-state index contributed by atoms with van der Waals surface area (Å²) in [5.74, 6) is 2.06. The quantitative estimate of drug-likeness (QED) is 0.689. The van der Waals surface area contributed by atoms with E-state index in [1.807, 2.05) is 12.1 Å². The van der Waals surface area contributed by atoms with Crippen molar-refractivity contribution in [3.63, 3.8) is 0 Å². The summed E-state index contributed by atoms with van der Waals surface area (Å²) in [5.41, 5.74) is 1.86. The fourth-order valence-electron chi connectivity index (χ4n) is 2.62. The third kappa shape index (κ3) is 4.03. The third-order valence-corrected chi connectivity index (χ3v) is 4.01. The molecule has 0 aliphatic rings. The summed E-state index contributed by atoms with van der Waals surface area (Å²) in [6, 6.07) is 14.2. The molecule has 140 valence electrons. The first kappa shape index (κ1) is 18.3. The van der Waals surface area contributed by atoms with Crippen molar-refractivity contribution in [1.82, 2.24) is 10.5 Å². The highest BCUT2D eigenvalue weighted by molar-refractivity contribution is 5.96. The van der Waals surface area contributed by atoms with Crippen LogP contribution in [0.25, 0.3) is 11.3 Å². The van der Waals surface area contributed by atoms with Crippen molar-refractivity contribution in [2.45, 2.75) is 6.54 Å². The zero-order chi connectivity index (χ0) is 19.2. The smallest absolute Gasteiger partial charge is 0.255 e. The lowest BCUT2D eigenvalue weighted by atomic mass is 10.1. The molecule has 7 heteroatoms. The lowest BCUT2D eigenvalue weighted by Gasteiger charge is -2.08. The summed E-state index contributed by atoms with van der Waals surface area (Å²) in [7, 11) is 4.68. The van der Waals surface area contributed by atoms with Crippen LogP contribution in [0.3, 0.4) is 0 Å². The molecule has 3 rings (SSSR count). The normalized spacial score (nSPS) is 10.3. The van der Waals surface area contributed by atoms with Crippen LogP contribution in [0, 0.1) is 0 Å². The van der Waals surface area contributed by atoms with Crippen LogP contribution in [0.5, 0.6) is 17.2 Å². The standard InChI is InChI=1S/C20H20N2O5/c1-24-16-7-5-4-6-15(16)20(23)21-12-14-11-18(27-22-14)13-8-9-17(25-2)19(10-13)26-3/h4-11H,12H2,1-3H3,(H,21,23). The fourth-order valence-corrected chi connectivity index (χ4v) is 2.62. The number of carbonyl (C=O) groups is 1. The number of aromatic nitrogens is 1. The van der Waals surface area contributed by atoms with Crippen molar-refractivity contribution >= 4 is 5.91 Å². The first-order chi connectivity index (χ1) is 13.2. The van der Waals surface area contributed by atoms with Gasteiger partial charge < -0.3 is 24.1 Å². The van der Waals surface area contributed by atoms with E-state index < -0.39 is 0 Å². The first-order valence-electron chi connectivity index (χ1n) is 8.25. The number of nitrogens with zero attached hydrogens (tertiary/aromatic N) is 1. The molecule has 0 saturated carbocycles. The van der Waals surface area contributed by atoms with Crippen LogP contribution < -0.4 is 19.5 Å². The van der Waals surface area contributed by atoms with E-state index in [0.717, 1.165) is 5.56 Å². The van der Waals surface area contributed by atoms with E-state index in [-0.39, 0.29) is 12.5 Å². The van der Waals surface area contributed by atoms with Crippen molar-refractivity contribution < 1.29 is 23.5 Å². The topological polar surface area (TPSA) is 82.8 Å². The van der Waals surface area contributed by atoms with Crippen LogP contribution in [0.2, 0.25) is 0 Å². The van der Waals surface area contributed by atoms with Crippen LogP contribution in [0.1, 0.15) is 16.1 Å². The number of methoxy groups -OCH3 is 3. The number of benzene rings is 2. The average Bonchev–Trinajstić information content (AvgIpc) is 3.20. The summed E-state index contributed by atoms with van der Waals surface area (Å²) in [6.07, 6.45) is 0. The maximum Gasteiger partial charge on any atom is 0.255 e. The molecule has 0 bridgehead atoms. The van der Waals surface area contributed by atoms with Crippen LogP contribution in [-0.2, 0) is 6.54 Å². The Labute approximate surface area is 156 Å². The van der Waals surface area contributed by atoms with Gasteiger partial charge in [-0.15, -0.1) is 0 Å². The predicted octanol–water partition coefficient (Wildman–Crippen LogP) is 3.30. The van der Waals surface area contributed by atoms with E-state index in [1.165, 1.54) is 7.11 Å². The fraction of sp³-hybridized carbons (Fsp3) is 0.200. The molecule has 1 N–H and O–H groups in total. The van der Waals surface area contributed by atoms with Crippen LogP contribution in [0.4, 0.5) is 0 Å². The Hall–Kier alpha value is -3.48. The van der Waals surface area contributed by atoms with Gasteiger partial charge in [0, 0.05) is 11.6 Å². The summed E-state index contributed by atoms with van der Waals surface area (Å²) >= 11 is 0. The third-order valence-electron chi connectivity index (χ3n) is 4.01. The largest absolute Gasteiger partial charge is 0.496 e. The van der Waals surface area contributed by atoms with Gasteiger partial charge in [-0.1, -0.05) is 17.3 Å². The molecule has 1 amide bonds. The number of amides is 1. The zero-order valence-corrected chi connectivity index (χ0v) is 15.3. The van der Waals surface area contributed by atoms with E-state index in [0.29, 0.717) is 34.3 Å². The predicted molar refractivity (Wildman–Crippen MR) is 99.2 cm³/mol. The van der Waals surface area contributed by atoms with Gasteiger partial charge in [0.05, 0.1) is 33.4 Å². The molecule has 0 atom stereocenters. The lowest BCUT2D eigenvalue weighted by Crippen LogP contribution is -2.23. The van der Waals surface area contributed by atoms with Crippen molar-refractivity contribution in [2.24, 2.45) is 0 Å². The Bertz CT molecular complexity index is 936. The van der Waals surface area contributed by atoms with Gasteiger partial charge in [0.15, 0.2) is 17.3 Å². The highest BCUT2D eigenvalue weighted by atomic mass is 16.5. The molecule has 1 aromatic heterocycles. The molecule has 0 fully saturated rings. The van der Waals surface area contributed by atoms with Gasteiger partial charge in [-0.3, -0.25) is 4.79 Å². The second-order valence-corrected chi connectivity index (χ2v) is 5.64. The lowest BCUT2D eigenvalue weighted by molar-refractivity contribution is 0.0947. The summed E-state index contributed by atoms with van der Waals surface area (Å²) in [5, 5.41) is 6.82. The first-order valence-corrected chi connectivity index (χ1v) is 8.25. The average molecular weight is 368 g/mol. The molecule has 1 heterocycles. The Morgan fingerprint density at radius 2 is 1.70 bits per heavy atom. The van der Waals surface area contributed by atoms with Gasteiger partial charge in [0.2, 0.25) is 0 Å². The summed E-state index contributed by atoms with van der Waals surface area (Å²) < 4.78 is 21.1. The number of para-hydroxylation sites is 1. The van der Waals surface area contributed by atoms with E-state index in [1.54, 1.807) is 50.6 Å². The Kier molecular flexibility index (Phi) is 5.61. The minimum absolute atomic E-state index is 0.230. The number of nitrogens with one attached hydrogen (secondary N) is 1. The van der Waals surface area contributed by atoms with Crippen LogP contribution >= 0.6 is 0 Å². The number of carbonyl (C=O) groups excluding carboxylic acids is 1. The van der Waals surface area contributed by atoms with Crippen molar-refractivity contribution in [1.29, 1.82) is 0 Å². The molecule has 2 aromatic carbocycles. The Morgan fingerprint density at radius 3 is 2.44 bits per heavy atom. The van der Waals surface area contributed by atoms with Gasteiger partial charge in [-0.05, 0) is 30.3 Å². The highest BCUT2D eigenvalue weighted by Crippen LogP contribution is 2.32. The Balaban J connectivity index is 1.70. The van der Waals surface area contributed by atoms with E-state index in [4.69, 9.17) is 18.7 Å². The van der Waals surface area contributed by atoms with Crippen molar-refractivity contribution in [2.75, 3.05) is 21.3 Å². The van der Waals surface area contributed by atoms with E-state index >= 15 is 0 Å². The monoisotopic (exact) mass is 368 g/mol. The molecule has 27 heavy (non-hydrogen) atoms. The van der Waals surface area contributed by atoms with E-state index in [9.17, 15) is 4.79 Å². The molecule has 0 radical (unpaired) electrons. The maximum absolute atomic E-state index is 12.3. The number of hydrogen-bond donors (Lipinski definition) is 1.